The molecule has 1 unspecified atom stereocenters. The number of ether oxygens (including phenoxy) is 1. The molecule has 0 saturated carbocycles. The molecule has 0 amide bonds. The van der Waals surface area contributed by atoms with Crippen LogP contribution in [0.1, 0.15) is 35.5 Å². The van der Waals surface area contributed by atoms with Gasteiger partial charge in [-0.3, -0.25) is 0 Å². The fourth-order valence-corrected chi connectivity index (χ4v) is 1.78. The number of benzene rings is 1. The topological polar surface area (TPSA) is 61.3 Å². The van der Waals surface area contributed by atoms with Crippen molar-refractivity contribution >= 4 is 0 Å². The van der Waals surface area contributed by atoms with Gasteiger partial charge in [0.1, 0.15) is 23.8 Å². The van der Waals surface area contributed by atoms with Crippen LogP contribution in [0.4, 0.5) is 0 Å². The van der Waals surface area contributed by atoms with E-state index >= 15 is 0 Å². The number of nitrogens with zero attached hydrogens (tertiary/aromatic N) is 1. The van der Waals surface area contributed by atoms with Gasteiger partial charge in [-0.2, -0.15) is 0 Å². The summed E-state index contributed by atoms with van der Waals surface area (Å²) in [5.41, 5.74) is 8.85. The average Bonchev–Trinajstić information content (AvgIpc) is 2.72. The fourth-order valence-electron chi connectivity index (χ4n) is 1.78. The molecule has 1 aromatic heterocycles. The van der Waals surface area contributed by atoms with E-state index in [2.05, 4.69) is 5.16 Å². The predicted molar refractivity (Wildman–Crippen MR) is 69.4 cm³/mol. The second-order valence-electron chi connectivity index (χ2n) is 4.55. The van der Waals surface area contributed by atoms with Gasteiger partial charge in [-0.25, -0.2) is 0 Å². The quantitative estimate of drug-likeness (QED) is 0.901. The molecular formula is C14H18N2O2. The van der Waals surface area contributed by atoms with Crippen LogP contribution in [0.15, 0.2) is 28.8 Å². The van der Waals surface area contributed by atoms with E-state index in [0.717, 1.165) is 28.3 Å². The molecule has 0 bridgehead atoms. The van der Waals surface area contributed by atoms with Crippen LogP contribution in [-0.4, -0.2) is 5.16 Å². The van der Waals surface area contributed by atoms with E-state index < -0.39 is 0 Å². The Bertz CT molecular complexity index is 532. The standard InChI is InChI=1S/C14H18N2O2/c1-9-4-5-13(11(3)15)14(6-9)17-8-12-7-10(2)18-16-12/h4-7,11H,8,15H2,1-3H3. The molecule has 0 fully saturated rings. The van der Waals surface area contributed by atoms with Gasteiger partial charge >= 0.3 is 0 Å². The monoisotopic (exact) mass is 246 g/mol. The van der Waals surface area contributed by atoms with Crippen LogP contribution in [0.5, 0.6) is 5.75 Å². The maximum atomic E-state index is 5.92. The summed E-state index contributed by atoms with van der Waals surface area (Å²) in [5, 5.41) is 3.90. The van der Waals surface area contributed by atoms with E-state index in [1.54, 1.807) is 0 Å². The molecule has 0 aliphatic carbocycles. The summed E-state index contributed by atoms with van der Waals surface area (Å²) in [7, 11) is 0. The first-order valence-electron chi connectivity index (χ1n) is 5.97. The Labute approximate surface area is 107 Å². The Morgan fingerprint density at radius 1 is 1.33 bits per heavy atom. The van der Waals surface area contributed by atoms with Crippen LogP contribution in [-0.2, 0) is 6.61 Å². The SMILES string of the molecule is Cc1ccc(C(C)N)c(OCc2cc(C)on2)c1. The molecule has 1 atom stereocenters. The minimum atomic E-state index is -0.0559. The molecule has 0 spiro atoms. The Morgan fingerprint density at radius 3 is 2.72 bits per heavy atom. The molecular weight excluding hydrogens is 228 g/mol. The van der Waals surface area contributed by atoms with Crippen molar-refractivity contribution < 1.29 is 9.26 Å². The molecule has 2 rings (SSSR count). The Balaban J connectivity index is 2.15. The van der Waals surface area contributed by atoms with Crippen LogP contribution in [0.3, 0.4) is 0 Å². The second-order valence-corrected chi connectivity index (χ2v) is 4.55. The highest BCUT2D eigenvalue weighted by Gasteiger charge is 2.09. The molecule has 18 heavy (non-hydrogen) atoms. The lowest BCUT2D eigenvalue weighted by Gasteiger charge is -2.14. The summed E-state index contributed by atoms with van der Waals surface area (Å²) >= 11 is 0. The maximum Gasteiger partial charge on any atom is 0.134 e. The number of hydrogen-bond acceptors (Lipinski definition) is 4. The van der Waals surface area contributed by atoms with Gasteiger partial charge in [0.2, 0.25) is 0 Å². The van der Waals surface area contributed by atoms with E-state index in [4.69, 9.17) is 15.0 Å². The van der Waals surface area contributed by atoms with Crippen molar-refractivity contribution in [3.8, 4) is 5.75 Å². The second kappa shape index (κ2) is 5.23. The Kier molecular flexibility index (Phi) is 3.67. The number of aryl methyl sites for hydroxylation is 2. The van der Waals surface area contributed by atoms with E-state index in [1.165, 1.54) is 0 Å². The normalized spacial score (nSPS) is 12.4. The molecule has 96 valence electrons. The van der Waals surface area contributed by atoms with Crippen molar-refractivity contribution in [1.29, 1.82) is 0 Å². The summed E-state index contributed by atoms with van der Waals surface area (Å²) < 4.78 is 10.8. The third kappa shape index (κ3) is 2.90. The van der Waals surface area contributed by atoms with Crippen LogP contribution < -0.4 is 10.5 Å². The zero-order chi connectivity index (χ0) is 13.1. The summed E-state index contributed by atoms with van der Waals surface area (Å²) in [6.45, 7) is 6.22. The van der Waals surface area contributed by atoms with Gasteiger partial charge in [0.25, 0.3) is 0 Å². The molecule has 0 aliphatic rings. The van der Waals surface area contributed by atoms with Crippen LogP contribution >= 0.6 is 0 Å². The van der Waals surface area contributed by atoms with Crippen molar-refractivity contribution in [2.24, 2.45) is 5.73 Å². The lowest BCUT2D eigenvalue weighted by atomic mass is 10.1. The highest BCUT2D eigenvalue weighted by Crippen LogP contribution is 2.25. The number of nitrogens with two attached hydrogens (primary N) is 1. The van der Waals surface area contributed by atoms with Gasteiger partial charge in [-0.05, 0) is 32.4 Å². The van der Waals surface area contributed by atoms with E-state index in [9.17, 15) is 0 Å². The van der Waals surface area contributed by atoms with E-state index in [1.807, 2.05) is 45.0 Å². The van der Waals surface area contributed by atoms with Gasteiger partial charge in [-0.15, -0.1) is 0 Å². The van der Waals surface area contributed by atoms with Crippen LogP contribution in [0.25, 0.3) is 0 Å². The summed E-state index contributed by atoms with van der Waals surface area (Å²) in [5.74, 6) is 1.59. The summed E-state index contributed by atoms with van der Waals surface area (Å²) in [6.07, 6.45) is 0. The third-order valence-corrected chi connectivity index (χ3v) is 2.71. The van der Waals surface area contributed by atoms with Crippen molar-refractivity contribution in [2.75, 3.05) is 0 Å². The van der Waals surface area contributed by atoms with Gasteiger partial charge in [0.05, 0.1) is 0 Å². The fraction of sp³-hybridized carbons (Fsp3) is 0.357. The smallest absolute Gasteiger partial charge is 0.134 e. The maximum absolute atomic E-state index is 5.92. The highest BCUT2D eigenvalue weighted by atomic mass is 16.5. The summed E-state index contributed by atoms with van der Waals surface area (Å²) in [4.78, 5) is 0. The van der Waals surface area contributed by atoms with E-state index in [0.29, 0.717) is 6.61 Å². The molecule has 4 nitrogen and oxygen atoms in total. The Hall–Kier alpha value is -1.81. The molecule has 1 heterocycles. The van der Waals surface area contributed by atoms with Crippen LogP contribution in [0, 0.1) is 13.8 Å². The molecule has 4 heteroatoms. The lowest BCUT2D eigenvalue weighted by molar-refractivity contribution is 0.284. The zero-order valence-electron chi connectivity index (χ0n) is 10.9. The molecule has 2 N–H and O–H groups in total. The molecule has 2 aromatic rings. The van der Waals surface area contributed by atoms with Gasteiger partial charge in [-0.1, -0.05) is 17.3 Å². The zero-order valence-corrected chi connectivity index (χ0v) is 10.9. The first-order valence-corrected chi connectivity index (χ1v) is 5.97. The molecule has 0 saturated heterocycles. The van der Waals surface area contributed by atoms with Crippen molar-refractivity contribution in [2.45, 2.75) is 33.4 Å². The first-order chi connectivity index (χ1) is 8.56. The van der Waals surface area contributed by atoms with Crippen LogP contribution in [0.2, 0.25) is 0 Å². The van der Waals surface area contributed by atoms with E-state index in [-0.39, 0.29) is 6.04 Å². The minimum absolute atomic E-state index is 0.0559. The molecule has 0 radical (unpaired) electrons. The number of aromatic nitrogens is 1. The van der Waals surface area contributed by atoms with Gasteiger partial charge in [0, 0.05) is 17.7 Å². The van der Waals surface area contributed by atoms with Crippen molar-refractivity contribution in [3.05, 3.63) is 46.8 Å². The highest BCUT2D eigenvalue weighted by molar-refractivity contribution is 5.39. The lowest BCUT2D eigenvalue weighted by Crippen LogP contribution is -2.08. The number of rotatable bonds is 4. The first kappa shape index (κ1) is 12.6. The van der Waals surface area contributed by atoms with Crippen molar-refractivity contribution in [1.82, 2.24) is 5.16 Å². The summed E-state index contributed by atoms with van der Waals surface area (Å²) in [6, 6.07) is 7.84. The van der Waals surface area contributed by atoms with Gasteiger partial charge < -0.3 is 15.0 Å². The third-order valence-electron chi connectivity index (χ3n) is 2.71. The average molecular weight is 246 g/mol. The largest absolute Gasteiger partial charge is 0.487 e. The van der Waals surface area contributed by atoms with Gasteiger partial charge in [0.15, 0.2) is 0 Å². The predicted octanol–water partition coefficient (Wildman–Crippen LogP) is 2.89. The molecule has 0 aliphatic heterocycles. The minimum Gasteiger partial charge on any atom is -0.487 e. The van der Waals surface area contributed by atoms with Crippen molar-refractivity contribution in [3.63, 3.8) is 0 Å². The number of hydrogen-bond donors (Lipinski definition) is 1. The molecule has 1 aromatic carbocycles. The Morgan fingerprint density at radius 2 is 2.11 bits per heavy atom.